The highest BCUT2D eigenvalue weighted by Crippen LogP contribution is 2.16. The Bertz CT molecular complexity index is 557. The van der Waals surface area contributed by atoms with Crippen molar-refractivity contribution in [3.05, 3.63) is 53.6 Å². The molecule has 0 aliphatic heterocycles. The van der Waals surface area contributed by atoms with Crippen LogP contribution < -0.4 is 5.32 Å². The molecule has 6 heteroatoms. The number of aliphatic hydroxyl groups is 1. The van der Waals surface area contributed by atoms with E-state index in [9.17, 15) is 8.78 Å². The summed E-state index contributed by atoms with van der Waals surface area (Å²) < 4.78 is 26.2. The normalized spacial score (nSPS) is 12.8. The highest BCUT2D eigenvalue weighted by Gasteiger charge is 2.12. The minimum absolute atomic E-state index is 0.0175. The van der Waals surface area contributed by atoms with E-state index < -0.39 is 6.55 Å². The summed E-state index contributed by atoms with van der Waals surface area (Å²) in [6.45, 7) is -0.410. The fraction of sp³-hybridized carbons (Fsp3) is 0.357. The molecule has 2 N–H and O–H groups in total. The zero-order valence-electron chi connectivity index (χ0n) is 11.1. The molecule has 0 aliphatic carbocycles. The van der Waals surface area contributed by atoms with Crippen LogP contribution in [-0.2, 0) is 13.2 Å². The first-order valence-corrected chi connectivity index (χ1v) is 6.34. The SMILES string of the molecule is CC(NCc1nccn1C(F)F)c1cccc(CO)c1. The number of rotatable bonds is 6. The van der Waals surface area contributed by atoms with Crippen LogP contribution in [0.3, 0.4) is 0 Å². The third-order valence-electron chi connectivity index (χ3n) is 3.16. The van der Waals surface area contributed by atoms with Crippen molar-refractivity contribution in [1.82, 2.24) is 14.9 Å². The summed E-state index contributed by atoms with van der Waals surface area (Å²) >= 11 is 0. The van der Waals surface area contributed by atoms with E-state index in [4.69, 9.17) is 5.11 Å². The Morgan fingerprint density at radius 3 is 2.90 bits per heavy atom. The molecule has 20 heavy (non-hydrogen) atoms. The van der Waals surface area contributed by atoms with Gasteiger partial charge in [0.05, 0.1) is 13.2 Å². The Morgan fingerprint density at radius 2 is 2.20 bits per heavy atom. The molecule has 0 amide bonds. The molecule has 0 fully saturated rings. The van der Waals surface area contributed by atoms with Gasteiger partial charge < -0.3 is 10.4 Å². The third kappa shape index (κ3) is 3.40. The largest absolute Gasteiger partial charge is 0.392 e. The Balaban J connectivity index is 2.01. The Morgan fingerprint density at radius 1 is 1.40 bits per heavy atom. The van der Waals surface area contributed by atoms with E-state index in [-0.39, 0.29) is 19.2 Å². The van der Waals surface area contributed by atoms with Gasteiger partial charge in [0.1, 0.15) is 5.82 Å². The minimum atomic E-state index is -2.58. The van der Waals surface area contributed by atoms with Crippen LogP contribution in [0.1, 0.15) is 36.5 Å². The van der Waals surface area contributed by atoms with Crippen LogP contribution in [-0.4, -0.2) is 14.7 Å². The fourth-order valence-electron chi connectivity index (χ4n) is 1.98. The van der Waals surface area contributed by atoms with E-state index in [0.717, 1.165) is 15.7 Å². The maximum atomic E-state index is 12.7. The number of imidazole rings is 1. The molecular formula is C14H17F2N3O. The molecular weight excluding hydrogens is 264 g/mol. The fourth-order valence-corrected chi connectivity index (χ4v) is 1.98. The van der Waals surface area contributed by atoms with Crippen LogP contribution in [0.5, 0.6) is 0 Å². The lowest BCUT2D eigenvalue weighted by atomic mass is 10.1. The number of aliphatic hydroxyl groups excluding tert-OH is 1. The highest BCUT2D eigenvalue weighted by atomic mass is 19.3. The van der Waals surface area contributed by atoms with Crippen molar-refractivity contribution >= 4 is 0 Å². The number of halogens is 2. The summed E-state index contributed by atoms with van der Waals surface area (Å²) in [5.74, 6) is 0.296. The maximum absolute atomic E-state index is 12.7. The van der Waals surface area contributed by atoms with Crippen LogP contribution in [0, 0.1) is 0 Å². The Labute approximate surface area is 116 Å². The second-order valence-corrected chi connectivity index (χ2v) is 4.53. The second kappa shape index (κ2) is 6.58. The molecule has 1 heterocycles. The predicted octanol–water partition coefficient (Wildman–Crippen LogP) is 2.62. The van der Waals surface area contributed by atoms with Crippen LogP contribution in [0.15, 0.2) is 36.7 Å². The van der Waals surface area contributed by atoms with Crippen molar-refractivity contribution in [2.45, 2.75) is 32.7 Å². The molecule has 0 saturated carbocycles. The first kappa shape index (κ1) is 14.6. The summed E-state index contributed by atoms with van der Waals surface area (Å²) in [6.07, 6.45) is 2.62. The zero-order valence-corrected chi connectivity index (χ0v) is 11.1. The van der Waals surface area contributed by atoms with Crippen LogP contribution in [0.2, 0.25) is 0 Å². The van der Waals surface area contributed by atoms with Crippen molar-refractivity contribution in [2.24, 2.45) is 0 Å². The van der Waals surface area contributed by atoms with E-state index in [2.05, 4.69) is 10.3 Å². The first-order chi connectivity index (χ1) is 9.61. The molecule has 0 saturated heterocycles. The van der Waals surface area contributed by atoms with E-state index in [1.54, 1.807) is 0 Å². The van der Waals surface area contributed by atoms with Crippen molar-refractivity contribution in [1.29, 1.82) is 0 Å². The van der Waals surface area contributed by atoms with E-state index in [0.29, 0.717) is 5.82 Å². The summed E-state index contributed by atoms with van der Waals surface area (Å²) in [7, 11) is 0. The van der Waals surface area contributed by atoms with Crippen molar-refractivity contribution in [3.63, 3.8) is 0 Å². The molecule has 1 aromatic carbocycles. The van der Waals surface area contributed by atoms with Crippen LogP contribution >= 0.6 is 0 Å². The molecule has 4 nitrogen and oxygen atoms in total. The number of nitrogens with one attached hydrogen (secondary N) is 1. The minimum Gasteiger partial charge on any atom is -0.392 e. The standard InChI is InChI=1S/C14H17F2N3O/c1-10(12-4-2-3-11(7-12)9-20)18-8-13-17-5-6-19(13)14(15)16/h2-7,10,14,18,20H,8-9H2,1H3. The van der Waals surface area contributed by atoms with Gasteiger partial charge >= 0.3 is 6.55 Å². The van der Waals surface area contributed by atoms with Gasteiger partial charge in [0, 0.05) is 18.4 Å². The van der Waals surface area contributed by atoms with Gasteiger partial charge in [0.25, 0.3) is 0 Å². The van der Waals surface area contributed by atoms with E-state index >= 15 is 0 Å². The summed E-state index contributed by atoms with van der Waals surface area (Å²) in [6, 6.07) is 7.48. The molecule has 0 aliphatic rings. The maximum Gasteiger partial charge on any atom is 0.319 e. The van der Waals surface area contributed by atoms with Crippen LogP contribution in [0.25, 0.3) is 0 Å². The van der Waals surface area contributed by atoms with Crippen molar-refractivity contribution in [3.8, 4) is 0 Å². The number of hydrogen-bond donors (Lipinski definition) is 2. The lowest BCUT2D eigenvalue weighted by Gasteiger charge is -2.15. The molecule has 0 bridgehead atoms. The third-order valence-corrected chi connectivity index (χ3v) is 3.16. The molecule has 2 aromatic rings. The zero-order chi connectivity index (χ0) is 14.5. The van der Waals surface area contributed by atoms with E-state index in [1.807, 2.05) is 31.2 Å². The molecule has 1 unspecified atom stereocenters. The molecule has 108 valence electrons. The topological polar surface area (TPSA) is 50.1 Å². The van der Waals surface area contributed by atoms with Crippen molar-refractivity contribution < 1.29 is 13.9 Å². The van der Waals surface area contributed by atoms with E-state index in [1.165, 1.54) is 12.4 Å². The molecule has 1 aromatic heterocycles. The number of hydrogen-bond acceptors (Lipinski definition) is 3. The number of alkyl halides is 2. The number of aromatic nitrogens is 2. The van der Waals surface area contributed by atoms with Gasteiger partial charge in [0.2, 0.25) is 0 Å². The molecule has 1 atom stereocenters. The molecule has 0 spiro atoms. The van der Waals surface area contributed by atoms with Gasteiger partial charge in [-0.2, -0.15) is 8.78 Å². The average Bonchev–Trinajstić information content (AvgIpc) is 2.93. The Hall–Kier alpha value is -1.79. The summed E-state index contributed by atoms with van der Waals surface area (Å²) in [5, 5.41) is 12.3. The summed E-state index contributed by atoms with van der Waals surface area (Å²) in [5.41, 5.74) is 1.82. The average molecular weight is 281 g/mol. The smallest absolute Gasteiger partial charge is 0.319 e. The Kier molecular flexibility index (Phi) is 4.81. The van der Waals surface area contributed by atoms with Gasteiger partial charge in [-0.1, -0.05) is 24.3 Å². The van der Waals surface area contributed by atoms with Crippen LogP contribution in [0.4, 0.5) is 8.78 Å². The van der Waals surface area contributed by atoms with Gasteiger partial charge in [-0.15, -0.1) is 0 Å². The number of benzene rings is 1. The van der Waals surface area contributed by atoms with Gasteiger partial charge in [-0.25, -0.2) is 4.98 Å². The van der Waals surface area contributed by atoms with Gasteiger partial charge in [-0.3, -0.25) is 4.57 Å². The molecule has 0 radical (unpaired) electrons. The monoisotopic (exact) mass is 281 g/mol. The van der Waals surface area contributed by atoms with Gasteiger partial charge in [-0.05, 0) is 18.1 Å². The molecule has 2 rings (SSSR count). The number of nitrogens with zero attached hydrogens (tertiary/aromatic N) is 2. The summed E-state index contributed by atoms with van der Waals surface area (Å²) in [4.78, 5) is 3.92. The quantitative estimate of drug-likeness (QED) is 0.855. The predicted molar refractivity (Wildman–Crippen MR) is 71.1 cm³/mol. The highest BCUT2D eigenvalue weighted by molar-refractivity contribution is 5.25. The van der Waals surface area contributed by atoms with Crippen molar-refractivity contribution in [2.75, 3.05) is 0 Å². The lowest BCUT2D eigenvalue weighted by molar-refractivity contribution is 0.0665. The van der Waals surface area contributed by atoms with Gasteiger partial charge in [0.15, 0.2) is 0 Å². The first-order valence-electron chi connectivity index (χ1n) is 6.34. The lowest BCUT2D eigenvalue weighted by Crippen LogP contribution is -2.21. The second-order valence-electron chi connectivity index (χ2n) is 4.53.